The highest BCUT2D eigenvalue weighted by molar-refractivity contribution is 9.10. The van der Waals surface area contributed by atoms with Gasteiger partial charge < -0.3 is 5.32 Å². The first-order valence-corrected chi connectivity index (χ1v) is 7.96. The third-order valence-electron chi connectivity index (χ3n) is 3.13. The van der Waals surface area contributed by atoms with Gasteiger partial charge in [0.2, 0.25) is 5.95 Å². The van der Waals surface area contributed by atoms with E-state index in [-0.39, 0.29) is 0 Å². The van der Waals surface area contributed by atoms with E-state index in [1.807, 2.05) is 36.7 Å². The van der Waals surface area contributed by atoms with Gasteiger partial charge in [0.15, 0.2) is 0 Å². The lowest BCUT2D eigenvalue weighted by atomic mass is 10.2. The van der Waals surface area contributed by atoms with Crippen LogP contribution < -0.4 is 5.32 Å². The maximum atomic E-state index is 6.25. The minimum absolute atomic E-state index is 0.758. The first kappa shape index (κ1) is 15.4. The van der Waals surface area contributed by atoms with Crippen molar-refractivity contribution in [2.45, 2.75) is 33.6 Å². The second kappa shape index (κ2) is 6.64. The van der Waals surface area contributed by atoms with Crippen molar-refractivity contribution >= 4 is 33.5 Å². The van der Waals surface area contributed by atoms with Crippen molar-refractivity contribution in [3.8, 4) is 5.69 Å². The Hall–Kier alpha value is -1.000. The summed E-state index contributed by atoms with van der Waals surface area (Å²) in [6, 6.07) is 4.00. The lowest BCUT2D eigenvalue weighted by molar-refractivity contribution is 0.822. The minimum Gasteiger partial charge on any atom is -0.355 e. The minimum atomic E-state index is 0.758. The highest BCUT2D eigenvalue weighted by Gasteiger charge is 2.12. The van der Waals surface area contributed by atoms with Crippen LogP contribution in [0.3, 0.4) is 0 Å². The molecule has 1 heterocycles. The van der Waals surface area contributed by atoms with Crippen LogP contribution >= 0.6 is 27.5 Å². The van der Waals surface area contributed by atoms with Crippen LogP contribution in [0.25, 0.3) is 5.69 Å². The third-order valence-corrected chi connectivity index (χ3v) is 4.17. The van der Waals surface area contributed by atoms with Gasteiger partial charge in [-0.3, -0.25) is 4.57 Å². The molecule has 0 atom stereocenters. The second-order valence-electron chi connectivity index (χ2n) is 4.91. The fourth-order valence-corrected chi connectivity index (χ4v) is 2.81. The zero-order valence-electron chi connectivity index (χ0n) is 12.0. The Labute approximate surface area is 133 Å². The summed E-state index contributed by atoms with van der Waals surface area (Å²) >= 11 is 9.85. The van der Waals surface area contributed by atoms with Gasteiger partial charge in [-0.2, -0.15) is 0 Å². The first-order valence-electron chi connectivity index (χ1n) is 6.78. The Morgan fingerprint density at radius 3 is 2.80 bits per heavy atom. The monoisotopic (exact) mass is 355 g/mol. The van der Waals surface area contributed by atoms with Crippen molar-refractivity contribution in [2.24, 2.45) is 0 Å². The van der Waals surface area contributed by atoms with Gasteiger partial charge in [-0.25, -0.2) is 4.98 Å². The Bertz CT molecular complexity index is 607. The molecule has 0 saturated carbocycles. The number of rotatable bonds is 5. The Morgan fingerprint density at radius 1 is 1.35 bits per heavy atom. The van der Waals surface area contributed by atoms with Crippen molar-refractivity contribution in [1.82, 2.24) is 9.55 Å². The van der Waals surface area contributed by atoms with Crippen molar-refractivity contribution in [3.05, 3.63) is 39.1 Å². The molecule has 1 aromatic carbocycles. The van der Waals surface area contributed by atoms with Gasteiger partial charge in [-0.15, -0.1) is 0 Å². The maximum absolute atomic E-state index is 6.25. The van der Waals surface area contributed by atoms with Gasteiger partial charge in [0.1, 0.15) is 0 Å². The first-order chi connectivity index (χ1) is 9.52. The van der Waals surface area contributed by atoms with Gasteiger partial charge in [-0.05, 0) is 53.9 Å². The lowest BCUT2D eigenvalue weighted by Crippen LogP contribution is -2.07. The molecular weight excluding hydrogens is 338 g/mol. The number of benzene rings is 1. The summed E-state index contributed by atoms with van der Waals surface area (Å²) in [6.07, 6.45) is 4.30. The van der Waals surface area contributed by atoms with Crippen molar-refractivity contribution in [2.75, 3.05) is 11.9 Å². The third kappa shape index (κ3) is 3.36. The standard InChI is InChI=1S/C15H19BrClN3/c1-4-5-6-18-15-19-11(3)9-20(15)14-8-13(17)10(2)7-12(14)16/h7-9H,4-6H2,1-3H3,(H,18,19). The number of unbranched alkanes of at least 4 members (excludes halogenated alkanes) is 1. The summed E-state index contributed by atoms with van der Waals surface area (Å²) in [5.41, 5.74) is 3.03. The van der Waals surface area contributed by atoms with Gasteiger partial charge in [0.05, 0.1) is 11.4 Å². The summed E-state index contributed by atoms with van der Waals surface area (Å²) in [4.78, 5) is 4.54. The van der Waals surface area contributed by atoms with E-state index in [4.69, 9.17) is 11.6 Å². The van der Waals surface area contributed by atoms with Crippen LogP contribution in [0, 0.1) is 13.8 Å². The fourth-order valence-electron chi connectivity index (χ4n) is 2.00. The zero-order chi connectivity index (χ0) is 14.7. The molecular formula is C15H19BrClN3. The van der Waals surface area contributed by atoms with Crippen LogP contribution in [0.5, 0.6) is 0 Å². The van der Waals surface area contributed by atoms with Crippen LogP contribution in [0.2, 0.25) is 5.02 Å². The van der Waals surface area contributed by atoms with E-state index in [1.165, 1.54) is 0 Å². The molecule has 0 amide bonds. The van der Waals surface area contributed by atoms with Crippen LogP contribution in [-0.4, -0.2) is 16.1 Å². The van der Waals surface area contributed by atoms with Crippen molar-refractivity contribution in [3.63, 3.8) is 0 Å². The molecule has 0 unspecified atom stereocenters. The van der Waals surface area contributed by atoms with E-state index in [2.05, 4.69) is 33.2 Å². The maximum Gasteiger partial charge on any atom is 0.207 e. The average Bonchev–Trinajstić information content (AvgIpc) is 2.75. The summed E-state index contributed by atoms with van der Waals surface area (Å²) < 4.78 is 3.05. The summed E-state index contributed by atoms with van der Waals surface area (Å²) in [5, 5.41) is 4.14. The van der Waals surface area contributed by atoms with E-state index in [9.17, 15) is 0 Å². The highest BCUT2D eigenvalue weighted by atomic mass is 79.9. The molecule has 20 heavy (non-hydrogen) atoms. The number of nitrogens with zero attached hydrogens (tertiary/aromatic N) is 2. The molecule has 0 aliphatic rings. The molecule has 0 saturated heterocycles. The molecule has 0 aliphatic carbocycles. The van der Waals surface area contributed by atoms with E-state index in [0.29, 0.717) is 0 Å². The number of hydrogen-bond donors (Lipinski definition) is 1. The van der Waals surface area contributed by atoms with E-state index < -0.39 is 0 Å². The van der Waals surface area contributed by atoms with Crippen LogP contribution in [0.4, 0.5) is 5.95 Å². The smallest absolute Gasteiger partial charge is 0.207 e. The Balaban J connectivity index is 2.39. The topological polar surface area (TPSA) is 29.9 Å². The quantitative estimate of drug-likeness (QED) is 0.754. The number of hydrogen-bond acceptors (Lipinski definition) is 2. The summed E-state index contributed by atoms with van der Waals surface area (Å²) in [7, 11) is 0. The number of aromatic nitrogens is 2. The lowest BCUT2D eigenvalue weighted by Gasteiger charge is -2.12. The Kier molecular flexibility index (Phi) is 5.11. The van der Waals surface area contributed by atoms with Crippen LogP contribution in [0.15, 0.2) is 22.8 Å². The van der Waals surface area contributed by atoms with Gasteiger partial charge in [0, 0.05) is 22.2 Å². The Morgan fingerprint density at radius 2 is 2.10 bits per heavy atom. The highest BCUT2D eigenvalue weighted by Crippen LogP contribution is 2.30. The van der Waals surface area contributed by atoms with Gasteiger partial charge in [-0.1, -0.05) is 24.9 Å². The molecule has 3 nitrogen and oxygen atoms in total. The van der Waals surface area contributed by atoms with Crippen molar-refractivity contribution in [1.29, 1.82) is 0 Å². The predicted octanol–water partition coefficient (Wildman–Crippen LogP) is 5.12. The number of imidazole rings is 1. The van der Waals surface area contributed by atoms with Crippen LogP contribution in [-0.2, 0) is 0 Å². The van der Waals surface area contributed by atoms with Gasteiger partial charge >= 0.3 is 0 Å². The van der Waals surface area contributed by atoms with Crippen molar-refractivity contribution < 1.29 is 0 Å². The largest absolute Gasteiger partial charge is 0.355 e. The molecule has 0 bridgehead atoms. The molecule has 1 N–H and O–H groups in total. The van der Waals surface area contributed by atoms with E-state index in [1.54, 1.807) is 0 Å². The number of halogens is 2. The molecule has 5 heteroatoms. The predicted molar refractivity (Wildman–Crippen MR) is 89.1 cm³/mol. The summed E-state index contributed by atoms with van der Waals surface area (Å²) in [5.74, 6) is 0.858. The second-order valence-corrected chi connectivity index (χ2v) is 6.17. The number of anilines is 1. The molecule has 0 aliphatic heterocycles. The van der Waals surface area contributed by atoms with E-state index in [0.717, 1.165) is 51.8 Å². The average molecular weight is 357 g/mol. The number of nitrogens with one attached hydrogen (secondary N) is 1. The molecule has 0 spiro atoms. The fraction of sp³-hybridized carbons (Fsp3) is 0.400. The van der Waals surface area contributed by atoms with E-state index >= 15 is 0 Å². The summed E-state index contributed by atoms with van der Waals surface area (Å²) in [6.45, 7) is 7.08. The normalized spacial score (nSPS) is 10.8. The molecule has 0 radical (unpaired) electrons. The SMILES string of the molecule is CCCCNc1nc(C)cn1-c1cc(Cl)c(C)cc1Br. The molecule has 108 valence electrons. The molecule has 2 rings (SSSR count). The molecule has 2 aromatic rings. The zero-order valence-corrected chi connectivity index (χ0v) is 14.3. The van der Waals surface area contributed by atoms with Gasteiger partial charge in [0.25, 0.3) is 0 Å². The molecule has 1 aromatic heterocycles. The molecule has 0 fully saturated rings. The van der Waals surface area contributed by atoms with Crippen LogP contribution in [0.1, 0.15) is 31.0 Å². The number of aryl methyl sites for hydroxylation is 2.